The molecule has 0 saturated carbocycles. The Bertz CT molecular complexity index is 528. The summed E-state index contributed by atoms with van der Waals surface area (Å²) in [7, 11) is 1.52. The maximum atomic E-state index is 12.2. The van der Waals surface area contributed by atoms with Crippen LogP contribution in [0.4, 0.5) is 0 Å². The number of aromatic nitrogens is 2. The van der Waals surface area contributed by atoms with E-state index in [1.807, 2.05) is 37.3 Å². The van der Waals surface area contributed by atoms with Crippen LogP contribution < -0.4 is 9.47 Å². The van der Waals surface area contributed by atoms with Crippen molar-refractivity contribution in [3.05, 3.63) is 42.2 Å². The Balaban J connectivity index is 2.09. The summed E-state index contributed by atoms with van der Waals surface area (Å²) in [6, 6.07) is 9.22. The highest BCUT2D eigenvalue weighted by Gasteiger charge is 2.19. The fourth-order valence-electron chi connectivity index (χ4n) is 1.77. The molecule has 0 spiro atoms. The van der Waals surface area contributed by atoms with Crippen LogP contribution in [-0.2, 0) is 6.54 Å². The lowest BCUT2D eigenvalue weighted by molar-refractivity contribution is 0.0907. The zero-order valence-electron chi connectivity index (χ0n) is 11.0. The molecular weight excluding hydrogens is 244 g/mol. The number of aryl methyl sites for hydroxylation is 1. The van der Waals surface area contributed by atoms with Gasteiger partial charge in [0.2, 0.25) is 5.78 Å². The summed E-state index contributed by atoms with van der Waals surface area (Å²) < 4.78 is 12.2. The molecular formula is C14H16N2O3. The molecule has 2 aromatic rings. The number of rotatable bonds is 6. The summed E-state index contributed by atoms with van der Waals surface area (Å²) in [6.45, 7) is 2.49. The van der Waals surface area contributed by atoms with Crippen molar-refractivity contribution < 1.29 is 14.3 Å². The van der Waals surface area contributed by atoms with Gasteiger partial charge in [-0.1, -0.05) is 18.2 Å². The monoisotopic (exact) mass is 260 g/mol. The van der Waals surface area contributed by atoms with Crippen molar-refractivity contribution >= 4 is 5.78 Å². The first-order valence-electron chi connectivity index (χ1n) is 6.07. The molecule has 0 radical (unpaired) electrons. The van der Waals surface area contributed by atoms with E-state index in [-0.39, 0.29) is 12.4 Å². The number of hydrogen-bond donors (Lipinski definition) is 0. The van der Waals surface area contributed by atoms with Gasteiger partial charge in [-0.2, -0.15) is 5.10 Å². The van der Waals surface area contributed by atoms with Crippen LogP contribution in [0.3, 0.4) is 0 Å². The Hall–Kier alpha value is -2.30. The number of ketones is 1. The topological polar surface area (TPSA) is 53.4 Å². The minimum absolute atomic E-state index is 0.0356. The molecule has 2 rings (SSSR count). The number of methoxy groups -OCH3 is 1. The van der Waals surface area contributed by atoms with E-state index in [0.717, 1.165) is 0 Å². The lowest BCUT2D eigenvalue weighted by atomic mass is 10.2. The number of hydrogen-bond acceptors (Lipinski definition) is 4. The molecule has 100 valence electrons. The highest BCUT2D eigenvalue weighted by atomic mass is 16.5. The van der Waals surface area contributed by atoms with Crippen LogP contribution in [0, 0.1) is 0 Å². The molecule has 1 aromatic carbocycles. The Morgan fingerprint density at radius 2 is 2.05 bits per heavy atom. The van der Waals surface area contributed by atoms with Crippen LogP contribution >= 0.6 is 0 Å². The Labute approximate surface area is 111 Å². The number of ether oxygens (including phenoxy) is 2. The van der Waals surface area contributed by atoms with E-state index < -0.39 is 0 Å². The average molecular weight is 260 g/mol. The van der Waals surface area contributed by atoms with Crippen molar-refractivity contribution in [1.82, 2.24) is 9.78 Å². The summed E-state index contributed by atoms with van der Waals surface area (Å²) in [5, 5.41) is 4.10. The molecule has 0 bridgehead atoms. The minimum Gasteiger partial charge on any atom is -0.493 e. The standard InChI is InChI=1S/C14H16N2O3/c1-3-16-14(13(18-2)9-15-16)12(17)10-19-11-7-5-4-6-8-11/h4-9H,3,10H2,1-2H3. The third-order valence-electron chi connectivity index (χ3n) is 2.70. The molecule has 19 heavy (non-hydrogen) atoms. The normalized spacial score (nSPS) is 10.2. The fraction of sp³-hybridized carbons (Fsp3) is 0.286. The summed E-state index contributed by atoms with van der Waals surface area (Å²) in [6.07, 6.45) is 1.54. The van der Waals surface area contributed by atoms with Crippen molar-refractivity contribution in [3.8, 4) is 11.5 Å². The van der Waals surface area contributed by atoms with Crippen LogP contribution in [0.1, 0.15) is 17.4 Å². The van der Waals surface area contributed by atoms with E-state index in [2.05, 4.69) is 5.10 Å². The van der Waals surface area contributed by atoms with Crippen molar-refractivity contribution in [2.45, 2.75) is 13.5 Å². The molecule has 0 saturated heterocycles. The van der Waals surface area contributed by atoms with Crippen LogP contribution in [0.25, 0.3) is 0 Å². The predicted molar refractivity (Wildman–Crippen MR) is 70.7 cm³/mol. The van der Waals surface area contributed by atoms with Crippen molar-refractivity contribution in [1.29, 1.82) is 0 Å². The second kappa shape index (κ2) is 6.04. The third kappa shape index (κ3) is 2.93. The number of benzene rings is 1. The lowest BCUT2D eigenvalue weighted by Crippen LogP contribution is -2.17. The third-order valence-corrected chi connectivity index (χ3v) is 2.70. The summed E-state index contributed by atoms with van der Waals surface area (Å²) in [4.78, 5) is 12.2. The molecule has 0 fully saturated rings. The average Bonchev–Trinajstić information content (AvgIpc) is 2.89. The molecule has 1 heterocycles. The van der Waals surface area contributed by atoms with Gasteiger partial charge in [0.1, 0.15) is 11.4 Å². The van der Waals surface area contributed by atoms with E-state index in [9.17, 15) is 4.79 Å². The van der Waals surface area contributed by atoms with Crippen LogP contribution in [0.2, 0.25) is 0 Å². The lowest BCUT2D eigenvalue weighted by Gasteiger charge is -2.08. The van der Waals surface area contributed by atoms with Gasteiger partial charge in [0.05, 0.1) is 13.3 Å². The van der Waals surface area contributed by atoms with E-state index in [4.69, 9.17) is 9.47 Å². The maximum Gasteiger partial charge on any atom is 0.221 e. The molecule has 0 aliphatic carbocycles. The smallest absolute Gasteiger partial charge is 0.221 e. The van der Waals surface area contributed by atoms with Crippen molar-refractivity contribution in [3.63, 3.8) is 0 Å². The molecule has 1 aromatic heterocycles. The number of nitrogens with zero attached hydrogens (tertiary/aromatic N) is 2. The first-order chi connectivity index (χ1) is 9.26. The van der Waals surface area contributed by atoms with Gasteiger partial charge in [0.15, 0.2) is 12.4 Å². The van der Waals surface area contributed by atoms with Gasteiger partial charge in [0.25, 0.3) is 0 Å². The van der Waals surface area contributed by atoms with Gasteiger partial charge < -0.3 is 9.47 Å². The summed E-state index contributed by atoms with van der Waals surface area (Å²) in [5.74, 6) is 0.987. The molecule has 0 amide bonds. The first kappa shape index (κ1) is 13.1. The molecule has 0 aliphatic rings. The highest BCUT2D eigenvalue weighted by molar-refractivity contribution is 5.98. The predicted octanol–water partition coefficient (Wildman–Crippen LogP) is 2.17. The van der Waals surface area contributed by atoms with Crippen LogP contribution in [0.15, 0.2) is 36.5 Å². The number of carbonyl (C=O) groups is 1. The molecule has 5 heteroatoms. The minimum atomic E-state index is -0.153. The highest BCUT2D eigenvalue weighted by Crippen LogP contribution is 2.18. The van der Waals surface area contributed by atoms with Gasteiger partial charge >= 0.3 is 0 Å². The second-order valence-corrected chi connectivity index (χ2v) is 3.90. The van der Waals surface area contributed by atoms with Gasteiger partial charge in [-0.05, 0) is 19.1 Å². The first-order valence-corrected chi connectivity index (χ1v) is 6.07. The Morgan fingerprint density at radius 3 is 2.68 bits per heavy atom. The molecule has 0 aliphatic heterocycles. The van der Waals surface area contributed by atoms with Gasteiger partial charge in [0, 0.05) is 6.54 Å². The largest absolute Gasteiger partial charge is 0.493 e. The SMILES string of the molecule is CCn1ncc(OC)c1C(=O)COc1ccccc1. The number of para-hydroxylation sites is 1. The molecule has 0 unspecified atom stereocenters. The van der Waals surface area contributed by atoms with E-state index in [1.54, 1.807) is 10.9 Å². The zero-order valence-corrected chi connectivity index (χ0v) is 11.0. The molecule has 0 N–H and O–H groups in total. The van der Waals surface area contributed by atoms with Crippen LogP contribution in [-0.4, -0.2) is 29.3 Å². The van der Waals surface area contributed by atoms with Crippen molar-refractivity contribution in [2.75, 3.05) is 13.7 Å². The second-order valence-electron chi connectivity index (χ2n) is 3.90. The maximum absolute atomic E-state index is 12.2. The summed E-state index contributed by atoms with van der Waals surface area (Å²) >= 11 is 0. The zero-order chi connectivity index (χ0) is 13.7. The van der Waals surface area contributed by atoms with E-state index in [0.29, 0.717) is 23.7 Å². The Morgan fingerprint density at radius 1 is 1.32 bits per heavy atom. The number of carbonyl (C=O) groups excluding carboxylic acids is 1. The molecule has 5 nitrogen and oxygen atoms in total. The van der Waals surface area contributed by atoms with E-state index >= 15 is 0 Å². The summed E-state index contributed by atoms with van der Waals surface area (Å²) in [5.41, 5.74) is 0.445. The van der Waals surface area contributed by atoms with Crippen LogP contribution in [0.5, 0.6) is 11.5 Å². The van der Waals surface area contributed by atoms with Gasteiger partial charge in [-0.15, -0.1) is 0 Å². The van der Waals surface area contributed by atoms with Crippen molar-refractivity contribution in [2.24, 2.45) is 0 Å². The van der Waals surface area contributed by atoms with E-state index in [1.165, 1.54) is 7.11 Å². The Kier molecular flexibility index (Phi) is 4.18. The quantitative estimate of drug-likeness (QED) is 0.747. The fourth-order valence-corrected chi connectivity index (χ4v) is 1.77. The molecule has 0 atom stereocenters. The number of Topliss-reactive ketones (excluding diaryl/α,β-unsaturated/α-hetero) is 1. The van der Waals surface area contributed by atoms with Gasteiger partial charge in [-0.25, -0.2) is 0 Å². The van der Waals surface area contributed by atoms with Gasteiger partial charge in [-0.3, -0.25) is 9.48 Å².